The minimum Gasteiger partial charge on any atom is -0.796 e. The van der Waals surface area contributed by atoms with Crippen molar-refractivity contribution in [2.75, 3.05) is 6.16 Å². The Morgan fingerprint density at radius 3 is 2.00 bits per heavy atom. The van der Waals surface area contributed by atoms with E-state index in [1.54, 1.807) is 0 Å². The number of unbranched alkanes of at least 4 members (excludes halogenated alkanes) is 7. The quantitative estimate of drug-likeness (QED) is 0.259. The number of benzene rings is 1. The van der Waals surface area contributed by atoms with Crippen molar-refractivity contribution in [2.24, 2.45) is 5.92 Å². The number of aryl methyl sites for hydroxylation is 1. The van der Waals surface area contributed by atoms with Crippen molar-refractivity contribution in [2.45, 2.75) is 97.8 Å². The van der Waals surface area contributed by atoms with E-state index in [1.807, 2.05) is 24.3 Å². The lowest BCUT2D eigenvalue weighted by Crippen LogP contribution is -2.22. The normalized spacial score (nSPS) is 14.9. The van der Waals surface area contributed by atoms with E-state index in [2.05, 4.69) is 20.8 Å². The van der Waals surface area contributed by atoms with Crippen LogP contribution in [-0.2, 0) is 11.0 Å². The van der Waals surface area contributed by atoms with Gasteiger partial charge in [0.2, 0.25) is 0 Å². The molecule has 0 N–H and O–H groups in total. The van der Waals surface area contributed by atoms with E-state index >= 15 is 0 Å². The van der Waals surface area contributed by atoms with Gasteiger partial charge in [-0.25, -0.2) is 0 Å². The lowest BCUT2D eigenvalue weighted by molar-refractivity contribution is -0.171. The summed E-state index contributed by atoms with van der Waals surface area (Å²) < 4.78 is 12.7. The van der Waals surface area contributed by atoms with Crippen molar-refractivity contribution in [3.05, 3.63) is 29.8 Å². The van der Waals surface area contributed by atoms with Crippen molar-refractivity contribution >= 4 is 12.7 Å². The second-order valence-electron chi connectivity index (χ2n) is 7.81. The zero-order valence-corrected chi connectivity index (χ0v) is 18.2. The topological polar surface area (TPSA) is 40.1 Å². The molecule has 26 heavy (non-hydrogen) atoms. The molecule has 0 aliphatic rings. The monoisotopic (exact) mass is 379 g/mol. The summed E-state index contributed by atoms with van der Waals surface area (Å²) in [6.07, 6.45) is 14.8. The molecular formula is C23H40O2P-. The minimum atomic E-state index is -3.48. The predicted molar refractivity (Wildman–Crippen MR) is 114 cm³/mol. The molecule has 0 radical (unpaired) electrons. The van der Waals surface area contributed by atoms with Crippen LogP contribution in [0.15, 0.2) is 24.3 Å². The fourth-order valence-electron chi connectivity index (χ4n) is 3.54. The van der Waals surface area contributed by atoms with Gasteiger partial charge in [-0.2, -0.15) is 0 Å². The van der Waals surface area contributed by atoms with Crippen LogP contribution in [0.2, 0.25) is 0 Å². The zero-order chi connectivity index (χ0) is 19.3. The minimum absolute atomic E-state index is 0.297. The van der Waals surface area contributed by atoms with Gasteiger partial charge in [-0.15, -0.1) is 0 Å². The summed E-state index contributed by atoms with van der Waals surface area (Å²) in [5, 5.41) is 0.524. The average molecular weight is 380 g/mol. The fraction of sp³-hybridized carbons (Fsp3) is 0.739. The van der Waals surface area contributed by atoms with Crippen LogP contribution in [0.4, 0.5) is 0 Å². The summed E-state index contributed by atoms with van der Waals surface area (Å²) in [7, 11) is -3.48. The molecule has 0 aromatic heterocycles. The van der Waals surface area contributed by atoms with E-state index < -0.39 is 7.37 Å². The van der Waals surface area contributed by atoms with Gasteiger partial charge in [0, 0.05) is 7.37 Å². The largest absolute Gasteiger partial charge is 0.796 e. The fourth-order valence-corrected chi connectivity index (χ4v) is 5.47. The van der Waals surface area contributed by atoms with Gasteiger partial charge in [0.25, 0.3) is 0 Å². The standard InChI is InChI=1S/C23H41O2P/c1-4-7-9-10-11-12-13-15-22-16-18-23(19-17-22)26(24,25)20-21(6-3)14-8-5-2/h16-19,21H,4-15,20H2,1-3H3,(H,24,25)/p-1. The maximum Gasteiger partial charge on any atom is 0.0436 e. The van der Waals surface area contributed by atoms with Crippen molar-refractivity contribution in [3.8, 4) is 0 Å². The van der Waals surface area contributed by atoms with Crippen LogP contribution in [0.25, 0.3) is 0 Å². The molecule has 0 heterocycles. The van der Waals surface area contributed by atoms with Crippen molar-refractivity contribution < 1.29 is 9.46 Å². The van der Waals surface area contributed by atoms with E-state index in [0.29, 0.717) is 17.4 Å². The average Bonchev–Trinajstić information content (AvgIpc) is 2.64. The Hall–Kier alpha value is -0.590. The Balaban J connectivity index is 2.43. The van der Waals surface area contributed by atoms with Crippen LogP contribution < -0.4 is 10.2 Å². The lowest BCUT2D eigenvalue weighted by Gasteiger charge is -2.28. The first kappa shape index (κ1) is 23.4. The Bertz CT molecular complexity index is 509. The van der Waals surface area contributed by atoms with Gasteiger partial charge in [0.05, 0.1) is 0 Å². The van der Waals surface area contributed by atoms with Gasteiger partial charge in [0.15, 0.2) is 0 Å². The summed E-state index contributed by atoms with van der Waals surface area (Å²) >= 11 is 0. The molecular weight excluding hydrogens is 339 g/mol. The van der Waals surface area contributed by atoms with Gasteiger partial charge >= 0.3 is 0 Å². The third-order valence-corrected chi connectivity index (χ3v) is 7.52. The molecule has 0 aliphatic carbocycles. The van der Waals surface area contributed by atoms with E-state index in [4.69, 9.17) is 0 Å². The number of rotatable bonds is 15. The highest BCUT2D eigenvalue weighted by Crippen LogP contribution is 2.38. The highest BCUT2D eigenvalue weighted by molar-refractivity contribution is 7.64. The van der Waals surface area contributed by atoms with Crippen LogP contribution in [0.3, 0.4) is 0 Å². The van der Waals surface area contributed by atoms with E-state index in [0.717, 1.165) is 32.1 Å². The first-order chi connectivity index (χ1) is 12.5. The van der Waals surface area contributed by atoms with Crippen molar-refractivity contribution in [3.63, 3.8) is 0 Å². The maximum absolute atomic E-state index is 12.7. The molecule has 0 bridgehead atoms. The highest BCUT2D eigenvalue weighted by atomic mass is 31.2. The number of hydrogen-bond donors (Lipinski definition) is 0. The molecule has 1 aromatic carbocycles. The molecule has 1 aromatic rings. The van der Waals surface area contributed by atoms with E-state index in [-0.39, 0.29) is 0 Å². The summed E-state index contributed by atoms with van der Waals surface area (Å²) in [6.45, 7) is 6.51. The number of hydrogen-bond acceptors (Lipinski definition) is 2. The second-order valence-corrected chi connectivity index (χ2v) is 10.0. The Labute approximate surface area is 162 Å². The molecule has 2 nitrogen and oxygen atoms in total. The molecule has 2 unspecified atom stereocenters. The molecule has 0 saturated heterocycles. The lowest BCUT2D eigenvalue weighted by atomic mass is 10.0. The van der Waals surface area contributed by atoms with Crippen LogP contribution in [0.1, 0.15) is 97.0 Å². The first-order valence-corrected chi connectivity index (χ1v) is 12.7. The Morgan fingerprint density at radius 1 is 0.846 bits per heavy atom. The third kappa shape index (κ3) is 9.38. The molecule has 1 rings (SSSR count). The van der Waals surface area contributed by atoms with Gasteiger partial charge in [0.1, 0.15) is 0 Å². The smallest absolute Gasteiger partial charge is 0.0436 e. The molecule has 0 fully saturated rings. The van der Waals surface area contributed by atoms with Crippen LogP contribution in [0, 0.1) is 5.92 Å². The SMILES string of the molecule is CCCCCCCCCc1ccc(P(=O)([O-])CC(CC)CCCC)cc1. The molecule has 150 valence electrons. The van der Waals surface area contributed by atoms with Crippen LogP contribution in [-0.4, -0.2) is 6.16 Å². The molecule has 0 spiro atoms. The van der Waals surface area contributed by atoms with E-state index in [9.17, 15) is 9.46 Å². The van der Waals surface area contributed by atoms with Crippen molar-refractivity contribution in [1.29, 1.82) is 0 Å². The highest BCUT2D eigenvalue weighted by Gasteiger charge is 2.17. The third-order valence-electron chi connectivity index (χ3n) is 5.44. The second kappa shape index (κ2) is 13.6. The van der Waals surface area contributed by atoms with Gasteiger partial charge in [-0.05, 0) is 35.8 Å². The summed E-state index contributed by atoms with van der Waals surface area (Å²) in [5.41, 5.74) is 1.26. The molecule has 0 amide bonds. The summed E-state index contributed by atoms with van der Waals surface area (Å²) in [4.78, 5) is 12.7. The van der Waals surface area contributed by atoms with Gasteiger partial charge in [-0.1, -0.05) is 109 Å². The van der Waals surface area contributed by atoms with Gasteiger partial charge < -0.3 is 9.46 Å². The maximum atomic E-state index is 12.7. The Morgan fingerprint density at radius 2 is 1.42 bits per heavy atom. The van der Waals surface area contributed by atoms with Crippen LogP contribution in [0.5, 0.6) is 0 Å². The zero-order valence-electron chi connectivity index (χ0n) is 17.3. The van der Waals surface area contributed by atoms with Crippen molar-refractivity contribution in [1.82, 2.24) is 0 Å². The van der Waals surface area contributed by atoms with Crippen LogP contribution >= 0.6 is 7.37 Å². The van der Waals surface area contributed by atoms with E-state index in [1.165, 1.54) is 50.5 Å². The molecule has 2 atom stereocenters. The summed E-state index contributed by atoms with van der Waals surface area (Å²) in [6, 6.07) is 7.70. The van der Waals surface area contributed by atoms with Gasteiger partial charge in [-0.3, -0.25) is 0 Å². The molecule has 0 aliphatic heterocycles. The summed E-state index contributed by atoms with van der Waals surface area (Å²) in [5.74, 6) is 0.297. The predicted octanol–water partition coefficient (Wildman–Crippen LogP) is 6.46. The first-order valence-electron chi connectivity index (χ1n) is 10.9. The Kier molecular flexibility index (Phi) is 12.2. The molecule has 3 heteroatoms. The molecule has 0 saturated carbocycles.